The lowest BCUT2D eigenvalue weighted by atomic mass is 9.98. The summed E-state index contributed by atoms with van der Waals surface area (Å²) in [5.41, 5.74) is 3.11. The van der Waals surface area contributed by atoms with Gasteiger partial charge < -0.3 is 4.74 Å². The van der Waals surface area contributed by atoms with Gasteiger partial charge in [0.2, 0.25) is 17.5 Å². The second kappa shape index (κ2) is 8.14. The molecule has 0 aliphatic heterocycles. The number of aromatic nitrogens is 4. The molecule has 0 saturated heterocycles. The quantitative estimate of drug-likeness (QED) is 0.580. The molecular formula is C21H21ClN4O5. The molecule has 0 spiro atoms. The number of ketones is 1. The smallest absolute Gasteiger partial charge is 0.436 e. The minimum atomic E-state index is -0.777. The van der Waals surface area contributed by atoms with Crippen molar-refractivity contribution in [2.45, 2.75) is 45.4 Å². The molecule has 0 unspecified atom stereocenters. The number of hydrogen-bond donors (Lipinski definition) is 1. The van der Waals surface area contributed by atoms with Crippen molar-refractivity contribution in [3.05, 3.63) is 66.1 Å². The molecule has 4 rings (SSSR count). The molecule has 1 aromatic carbocycles. The third-order valence-corrected chi connectivity index (χ3v) is 5.63. The lowest BCUT2D eigenvalue weighted by Crippen LogP contribution is -2.24. The number of aryl methyl sites for hydroxylation is 1. The van der Waals surface area contributed by atoms with E-state index in [2.05, 4.69) is 19.8 Å². The summed E-state index contributed by atoms with van der Waals surface area (Å²) in [4.78, 5) is 38.1. The molecule has 2 aromatic heterocycles. The SMILES string of the molecule is CC(C)c1cc(Oc2c(Cl)cc(CC(=O)c3noc(=O)[nH]3)c3c2CCC3)nn(C)c1=O. The predicted octanol–water partition coefficient (Wildman–Crippen LogP) is 2.94. The molecule has 0 amide bonds. The van der Waals surface area contributed by atoms with Gasteiger partial charge in [-0.05, 0) is 47.9 Å². The fourth-order valence-electron chi connectivity index (χ4n) is 3.85. The predicted molar refractivity (Wildman–Crippen MR) is 112 cm³/mol. The Morgan fingerprint density at radius 3 is 2.71 bits per heavy atom. The van der Waals surface area contributed by atoms with Crippen molar-refractivity contribution >= 4 is 17.4 Å². The van der Waals surface area contributed by atoms with Crippen LogP contribution in [-0.2, 0) is 26.3 Å². The standard InChI is InChI=1S/C21H21ClN4O5/c1-10(2)14-9-17(24-26(3)20(14)28)30-18-13-6-4-5-12(13)11(7-15(18)22)8-16(27)19-23-21(29)31-25-19/h7,9-10H,4-6,8H2,1-3H3,(H,23,25,29). The van der Waals surface area contributed by atoms with Crippen molar-refractivity contribution < 1.29 is 14.1 Å². The van der Waals surface area contributed by atoms with Crippen LogP contribution in [-0.4, -0.2) is 25.7 Å². The van der Waals surface area contributed by atoms with Crippen LogP contribution in [0.5, 0.6) is 11.6 Å². The zero-order valence-electron chi connectivity index (χ0n) is 17.3. The maximum Gasteiger partial charge on any atom is 0.439 e. The van der Waals surface area contributed by atoms with Gasteiger partial charge in [-0.15, -0.1) is 5.10 Å². The number of H-pyrrole nitrogens is 1. The van der Waals surface area contributed by atoms with Crippen molar-refractivity contribution in [1.29, 1.82) is 0 Å². The monoisotopic (exact) mass is 444 g/mol. The highest BCUT2D eigenvalue weighted by Gasteiger charge is 2.26. The van der Waals surface area contributed by atoms with Crippen LogP contribution in [0.3, 0.4) is 0 Å². The number of carbonyl (C=O) groups excluding carboxylic acids is 1. The van der Waals surface area contributed by atoms with Crippen molar-refractivity contribution in [2.24, 2.45) is 7.05 Å². The van der Waals surface area contributed by atoms with Gasteiger partial charge in [0.1, 0.15) is 0 Å². The van der Waals surface area contributed by atoms with Gasteiger partial charge in [0.15, 0.2) is 5.75 Å². The van der Waals surface area contributed by atoms with Crippen molar-refractivity contribution in [3.8, 4) is 11.6 Å². The van der Waals surface area contributed by atoms with Crippen LogP contribution < -0.4 is 16.1 Å². The number of benzene rings is 1. The molecule has 3 aromatic rings. The zero-order valence-corrected chi connectivity index (χ0v) is 18.1. The Morgan fingerprint density at radius 2 is 2.03 bits per heavy atom. The minimum absolute atomic E-state index is 0.0154. The van der Waals surface area contributed by atoms with Crippen LogP contribution in [0.25, 0.3) is 0 Å². The first-order valence-corrected chi connectivity index (χ1v) is 10.3. The largest absolute Gasteiger partial charge is 0.439 e. The molecule has 1 N–H and O–H groups in total. The highest BCUT2D eigenvalue weighted by molar-refractivity contribution is 6.32. The minimum Gasteiger partial charge on any atom is -0.436 e. The Balaban J connectivity index is 1.70. The van der Waals surface area contributed by atoms with Crippen molar-refractivity contribution in [2.75, 3.05) is 0 Å². The Labute approximate surface area is 182 Å². The number of carbonyl (C=O) groups is 1. The van der Waals surface area contributed by atoms with Gasteiger partial charge in [0.25, 0.3) is 5.56 Å². The number of Topliss-reactive ketones (excluding diaryl/α,β-unsaturated/α-hetero) is 1. The number of nitrogens with one attached hydrogen (secondary N) is 1. The summed E-state index contributed by atoms with van der Waals surface area (Å²) in [6.45, 7) is 3.86. The van der Waals surface area contributed by atoms with Gasteiger partial charge in [-0.3, -0.25) is 19.1 Å². The number of halogens is 1. The molecule has 9 nitrogen and oxygen atoms in total. The molecule has 1 aliphatic carbocycles. The van der Waals surface area contributed by atoms with Gasteiger partial charge in [-0.1, -0.05) is 30.6 Å². The topological polar surface area (TPSA) is 120 Å². The third-order valence-electron chi connectivity index (χ3n) is 5.35. The van der Waals surface area contributed by atoms with E-state index in [1.807, 2.05) is 13.8 Å². The second-order valence-electron chi connectivity index (χ2n) is 7.82. The number of hydrogen-bond acceptors (Lipinski definition) is 7. The highest BCUT2D eigenvalue weighted by atomic mass is 35.5. The molecule has 1 aliphatic rings. The van der Waals surface area contributed by atoms with Gasteiger partial charge in [-0.25, -0.2) is 9.48 Å². The van der Waals surface area contributed by atoms with Crippen LogP contribution in [0.15, 0.2) is 26.2 Å². The molecule has 0 fully saturated rings. The van der Waals surface area contributed by atoms with E-state index in [1.54, 1.807) is 19.2 Å². The van der Waals surface area contributed by atoms with Crippen molar-refractivity contribution in [1.82, 2.24) is 19.9 Å². The van der Waals surface area contributed by atoms with Gasteiger partial charge in [-0.2, -0.15) is 0 Å². The van der Waals surface area contributed by atoms with Gasteiger partial charge in [0, 0.05) is 25.1 Å². The second-order valence-corrected chi connectivity index (χ2v) is 8.23. The van der Waals surface area contributed by atoms with E-state index in [9.17, 15) is 14.4 Å². The van der Waals surface area contributed by atoms with Crippen molar-refractivity contribution in [3.63, 3.8) is 0 Å². The fourth-order valence-corrected chi connectivity index (χ4v) is 4.13. The molecule has 0 atom stereocenters. The first-order chi connectivity index (χ1) is 14.7. The maximum atomic E-state index is 12.5. The Bertz CT molecular complexity index is 1290. The summed E-state index contributed by atoms with van der Waals surface area (Å²) in [5, 5.41) is 8.01. The molecule has 10 heteroatoms. The number of rotatable bonds is 6. The molecule has 0 radical (unpaired) electrons. The van der Waals surface area contributed by atoms with E-state index < -0.39 is 5.76 Å². The van der Waals surface area contributed by atoms with E-state index in [4.69, 9.17) is 16.3 Å². The normalized spacial score (nSPS) is 12.9. The van der Waals surface area contributed by atoms with E-state index in [1.165, 1.54) is 4.68 Å². The van der Waals surface area contributed by atoms with Crippen LogP contribution in [0, 0.1) is 0 Å². The number of aromatic amines is 1. The summed E-state index contributed by atoms with van der Waals surface area (Å²) in [5.74, 6) is -0.482. The van der Waals surface area contributed by atoms with Gasteiger partial charge in [0.05, 0.1) is 5.02 Å². The molecule has 0 saturated carbocycles. The summed E-state index contributed by atoms with van der Waals surface area (Å²) >= 11 is 6.55. The number of ether oxygens (including phenoxy) is 1. The fraction of sp³-hybridized carbons (Fsp3) is 0.381. The van der Waals surface area contributed by atoms with Crippen LogP contribution in [0.1, 0.15) is 59.1 Å². The maximum absolute atomic E-state index is 12.5. The Hall–Kier alpha value is -3.20. The van der Waals surface area contributed by atoms with Crippen LogP contribution in [0.4, 0.5) is 0 Å². The average molecular weight is 445 g/mol. The lowest BCUT2D eigenvalue weighted by molar-refractivity contribution is 0.0980. The van der Waals surface area contributed by atoms with Crippen LogP contribution in [0.2, 0.25) is 5.02 Å². The van der Waals surface area contributed by atoms with E-state index >= 15 is 0 Å². The molecule has 31 heavy (non-hydrogen) atoms. The van der Waals surface area contributed by atoms with Crippen LogP contribution >= 0.6 is 11.6 Å². The summed E-state index contributed by atoms with van der Waals surface area (Å²) in [7, 11) is 1.58. The first kappa shape index (κ1) is 21.0. The third kappa shape index (κ3) is 4.05. The molecule has 162 valence electrons. The molecule has 0 bridgehead atoms. The summed E-state index contributed by atoms with van der Waals surface area (Å²) in [6.07, 6.45) is 2.45. The zero-order chi connectivity index (χ0) is 22.3. The molecule has 2 heterocycles. The average Bonchev–Trinajstić information content (AvgIpc) is 3.36. The number of fused-ring (bicyclic) bond motifs is 1. The first-order valence-electron chi connectivity index (χ1n) is 9.93. The highest BCUT2D eigenvalue weighted by Crippen LogP contribution is 2.41. The summed E-state index contributed by atoms with van der Waals surface area (Å²) < 4.78 is 11.7. The van der Waals surface area contributed by atoms with E-state index in [0.717, 1.165) is 36.0 Å². The number of nitrogens with zero attached hydrogens (tertiary/aromatic N) is 3. The Kier molecular flexibility index (Phi) is 5.53. The Morgan fingerprint density at radius 1 is 1.29 bits per heavy atom. The lowest BCUT2D eigenvalue weighted by Gasteiger charge is -2.16. The molecular weight excluding hydrogens is 424 g/mol. The van der Waals surface area contributed by atoms with E-state index in [-0.39, 0.29) is 35.4 Å². The van der Waals surface area contributed by atoms with E-state index in [0.29, 0.717) is 16.3 Å². The van der Waals surface area contributed by atoms with Gasteiger partial charge >= 0.3 is 5.76 Å². The summed E-state index contributed by atoms with van der Waals surface area (Å²) in [6, 6.07) is 3.34.